The molecule has 126 valence electrons. The van der Waals surface area contributed by atoms with Crippen LogP contribution in [0.1, 0.15) is 29.6 Å². The average Bonchev–Trinajstić information content (AvgIpc) is 3.00. The maximum Gasteiger partial charge on any atom is 0.324 e. The number of benzene rings is 1. The van der Waals surface area contributed by atoms with Crippen molar-refractivity contribution < 1.29 is 9.59 Å². The number of aryl methyl sites for hydroxylation is 1. The van der Waals surface area contributed by atoms with Gasteiger partial charge in [0.05, 0.1) is 11.3 Å². The van der Waals surface area contributed by atoms with Crippen LogP contribution in [0.15, 0.2) is 36.5 Å². The number of likely N-dealkylation sites (tertiary alicyclic amines) is 1. The molecule has 1 aliphatic heterocycles. The second kappa shape index (κ2) is 7.16. The van der Waals surface area contributed by atoms with Crippen LogP contribution in [0.3, 0.4) is 0 Å². The number of hydrogen-bond donors (Lipinski definition) is 2. The van der Waals surface area contributed by atoms with Crippen LogP contribution in [0.5, 0.6) is 0 Å². The number of nitrogens with one attached hydrogen (secondary N) is 2. The average molecular weight is 327 g/mol. The molecule has 7 nitrogen and oxygen atoms in total. The maximum absolute atomic E-state index is 12.7. The maximum atomic E-state index is 12.7. The Bertz CT molecular complexity index is 734. The number of piperidine rings is 1. The molecule has 24 heavy (non-hydrogen) atoms. The number of para-hydroxylation sites is 1. The number of nitrogens with zero attached hydrogens (tertiary/aromatic N) is 3. The summed E-state index contributed by atoms with van der Waals surface area (Å²) in [5, 5.41) is 9.48. The topological polar surface area (TPSA) is 79.3 Å². The Morgan fingerprint density at radius 3 is 2.50 bits per heavy atom. The summed E-state index contributed by atoms with van der Waals surface area (Å²) in [5.74, 6) is 0.415. The molecule has 2 aromatic rings. The van der Waals surface area contributed by atoms with E-state index in [9.17, 15) is 9.59 Å². The fourth-order valence-electron chi connectivity index (χ4n) is 2.80. The molecule has 1 saturated heterocycles. The van der Waals surface area contributed by atoms with Gasteiger partial charge in [-0.1, -0.05) is 12.1 Å². The summed E-state index contributed by atoms with van der Waals surface area (Å²) in [6.07, 6.45) is 4.96. The van der Waals surface area contributed by atoms with Crippen molar-refractivity contribution in [3.05, 3.63) is 42.1 Å². The molecule has 1 fully saturated rings. The smallest absolute Gasteiger partial charge is 0.324 e. The highest BCUT2D eigenvalue weighted by Crippen LogP contribution is 2.20. The van der Waals surface area contributed by atoms with Crippen molar-refractivity contribution in [3.63, 3.8) is 0 Å². The normalized spacial score (nSPS) is 14.3. The third-order valence-electron chi connectivity index (χ3n) is 4.00. The Balaban J connectivity index is 1.71. The lowest BCUT2D eigenvalue weighted by Crippen LogP contribution is -2.36. The molecule has 0 spiro atoms. The number of amides is 3. The summed E-state index contributed by atoms with van der Waals surface area (Å²) in [7, 11) is 1.77. The van der Waals surface area contributed by atoms with Gasteiger partial charge < -0.3 is 10.2 Å². The van der Waals surface area contributed by atoms with Crippen LogP contribution in [0.4, 0.5) is 16.3 Å². The van der Waals surface area contributed by atoms with E-state index >= 15 is 0 Å². The van der Waals surface area contributed by atoms with E-state index in [0.29, 0.717) is 17.1 Å². The summed E-state index contributed by atoms with van der Waals surface area (Å²) in [6.45, 7) is 1.54. The quantitative estimate of drug-likeness (QED) is 0.909. The molecule has 1 aliphatic rings. The lowest BCUT2D eigenvalue weighted by Gasteiger charge is -2.27. The number of carbonyl (C=O) groups is 2. The molecule has 7 heteroatoms. The van der Waals surface area contributed by atoms with Gasteiger partial charge in [-0.3, -0.25) is 14.8 Å². The number of hydrogen-bond acceptors (Lipinski definition) is 3. The fraction of sp³-hybridized carbons (Fsp3) is 0.353. The monoisotopic (exact) mass is 327 g/mol. The molecule has 2 N–H and O–H groups in total. The second-order valence-corrected chi connectivity index (χ2v) is 5.85. The molecule has 0 saturated carbocycles. The zero-order valence-electron chi connectivity index (χ0n) is 13.7. The summed E-state index contributed by atoms with van der Waals surface area (Å²) < 4.78 is 1.60. The molecule has 3 rings (SSSR count). The van der Waals surface area contributed by atoms with Crippen molar-refractivity contribution in [2.24, 2.45) is 7.05 Å². The first-order chi connectivity index (χ1) is 11.6. The molecule has 0 atom stereocenters. The molecule has 0 bridgehead atoms. The molecular formula is C17H21N5O2. The van der Waals surface area contributed by atoms with Crippen molar-refractivity contribution in [1.29, 1.82) is 0 Å². The Morgan fingerprint density at radius 1 is 1.04 bits per heavy atom. The van der Waals surface area contributed by atoms with Gasteiger partial charge in [-0.05, 0) is 31.4 Å². The van der Waals surface area contributed by atoms with Gasteiger partial charge in [0.2, 0.25) is 0 Å². The molecule has 3 amide bonds. The minimum Gasteiger partial charge on any atom is -0.339 e. The van der Waals surface area contributed by atoms with Gasteiger partial charge in [0, 0.05) is 32.4 Å². The second-order valence-electron chi connectivity index (χ2n) is 5.85. The highest BCUT2D eigenvalue weighted by molar-refractivity contribution is 6.06. The number of aromatic nitrogens is 2. The molecule has 0 radical (unpaired) electrons. The molecule has 1 aromatic heterocycles. The van der Waals surface area contributed by atoms with Gasteiger partial charge in [0.15, 0.2) is 5.82 Å². The Kier molecular flexibility index (Phi) is 4.79. The third-order valence-corrected chi connectivity index (χ3v) is 4.00. The number of carbonyl (C=O) groups excluding carboxylic acids is 2. The highest BCUT2D eigenvalue weighted by Gasteiger charge is 2.21. The van der Waals surface area contributed by atoms with E-state index in [-0.39, 0.29) is 5.91 Å². The van der Waals surface area contributed by atoms with E-state index in [1.54, 1.807) is 48.3 Å². The van der Waals surface area contributed by atoms with E-state index in [0.717, 1.165) is 32.4 Å². The number of anilines is 2. The lowest BCUT2D eigenvalue weighted by atomic mass is 10.1. The summed E-state index contributed by atoms with van der Waals surface area (Å²) in [5.41, 5.74) is 1.01. The van der Waals surface area contributed by atoms with E-state index in [1.165, 1.54) is 0 Å². The predicted molar refractivity (Wildman–Crippen MR) is 92.0 cm³/mol. The van der Waals surface area contributed by atoms with E-state index in [1.807, 2.05) is 4.90 Å². The lowest BCUT2D eigenvalue weighted by molar-refractivity contribution is 0.0725. The highest BCUT2D eigenvalue weighted by atomic mass is 16.2. The van der Waals surface area contributed by atoms with Crippen molar-refractivity contribution in [3.8, 4) is 0 Å². The number of rotatable bonds is 3. The van der Waals surface area contributed by atoms with E-state index in [2.05, 4.69) is 15.7 Å². The first kappa shape index (κ1) is 16.0. The van der Waals surface area contributed by atoms with Gasteiger partial charge >= 0.3 is 6.03 Å². The zero-order valence-corrected chi connectivity index (χ0v) is 13.7. The first-order valence-corrected chi connectivity index (χ1v) is 8.09. The van der Waals surface area contributed by atoms with Gasteiger partial charge in [0.25, 0.3) is 5.91 Å². The standard InChI is InChI=1S/C17H21N5O2/c1-21-12-9-15(20-21)19-17(24)18-14-8-4-3-7-13(14)16(23)22-10-5-2-6-11-22/h3-4,7-9,12H,2,5-6,10-11H2,1H3,(H2,18,19,20,24). The number of urea groups is 1. The first-order valence-electron chi connectivity index (χ1n) is 8.09. The van der Waals surface area contributed by atoms with Crippen molar-refractivity contribution in [2.45, 2.75) is 19.3 Å². The Labute approximate surface area is 140 Å². The molecule has 2 heterocycles. The Hall–Kier alpha value is -2.83. The van der Waals surface area contributed by atoms with E-state index in [4.69, 9.17) is 0 Å². The van der Waals surface area contributed by atoms with Crippen LogP contribution < -0.4 is 10.6 Å². The predicted octanol–water partition coefficient (Wildman–Crippen LogP) is 2.69. The minimum absolute atomic E-state index is 0.0385. The van der Waals surface area contributed by atoms with Crippen LogP contribution in [-0.2, 0) is 7.05 Å². The molecule has 0 aliphatic carbocycles. The Morgan fingerprint density at radius 2 is 1.79 bits per heavy atom. The van der Waals surface area contributed by atoms with Gasteiger partial charge in [-0.2, -0.15) is 5.10 Å². The SMILES string of the molecule is Cn1ccc(NC(=O)Nc2ccccc2C(=O)N2CCCCC2)n1. The summed E-state index contributed by atoms with van der Waals surface area (Å²) in [6, 6.07) is 8.35. The molecule has 0 unspecified atom stereocenters. The van der Waals surface area contributed by atoms with Crippen LogP contribution >= 0.6 is 0 Å². The van der Waals surface area contributed by atoms with Crippen molar-refractivity contribution in [2.75, 3.05) is 23.7 Å². The zero-order chi connectivity index (χ0) is 16.9. The third kappa shape index (κ3) is 3.73. The largest absolute Gasteiger partial charge is 0.339 e. The fourth-order valence-corrected chi connectivity index (χ4v) is 2.80. The molecular weight excluding hydrogens is 306 g/mol. The van der Waals surface area contributed by atoms with Crippen molar-refractivity contribution >= 4 is 23.4 Å². The molecule has 1 aromatic carbocycles. The van der Waals surface area contributed by atoms with Gasteiger partial charge in [0.1, 0.15) is 0 Å². The van der Waals surface area contributed by atoms with Crippen LogP contribution in [0.2, 0.25) is 0 Å². The van der Waals surface area contributed by atoms with Crippen LogP contribution in [0, 0.1) is 0 Å². The van der Waals surface area contributed by atoms with Crippen molar-refractivity contribution in [1.82, 2.24) is 14.7 Å². The van der Waals surface area contributed by atoms with E-state index < -0.39 is 6.03 Å². The summed E-state index contributed by atoms with van der Waals surface area (Å²) in [4.78, 5) is 26.7. The van der Waals surface area contributed by atoms with Crippen LogP contribution in [0.25, 0.3) is 0 Å². The van der Waals surface area contributed by atoms with Gasteiger partial charge in [-0.25, -0.2) is 4.79 Å². The van der Waals surface area contributed by atoms with Gasteiger partial charge in [-0.15, -0.1) is 0 Å². The van der Waals surface area contributed by atoms with Crippen LogP contribution in [-0.4, -0.2) is 39.7 Å². The summed E-state index contributed by atoms with van der Waals surface area (Å²) >= 11 is 0. The minimum atomic E-state index is -0.424.